The molecule has 9 nitrogen and oxygen atoms in total. The fourth-order valence-corrected chi connectivity index (χ4v) is 5.72. The molecule has 1 aromatic heterocycles. The molecule has 0 saturated heterocycles. The normalized spacial score (nSPS) is 18.9. The van der Waals surface area contributed by atoms with E-state index in [2.05, 4.69) is 10.6 Å². The zero-order valence-electron chi connectivity index (χ0n) is 22.6. The highest BCUT2D eigenvalue weighted by Crippen LogP contribution is 2.30. The predicted octanol–water partition coefficient (Wildman–Crippen LogP) is 4.61. The summed E-state index contributed by atoms with van der Waals surface area (Å²) in [4.78, 5) is 52.5. The Balaban J connectivity index is 1.31. The minimum absolute atomic E-state index is 0.129. The Bertz CT molecular complexity index is 1650. The van der Waals surface area contributed by atoms with Crippen LogP contribution in [-0.2, 0) is 11.3 Å². The average molecular weight is 562 g/mol. The van der Waals surface area contributed by atoms with E-state index < -0.39 is 0 Å². The molecule has 2 N–H and O–H groups in total. The van der Waals surface area contributed by atoms with Gasteiger partial charge in [-0.15, -0.1) is 0 Å². The number of carbonyl (C=O) groups is 2. The summed E-state index contributed by atoms with van der Waals surface area (Å²) in [5, 5.41) is 15.6. The number of carbonyl (C=O) groups excluding carboxylic acids is 2. The summed E-state index contributed by atoms with van der Waals surface area (Å²) in [5.41, 5.74) is 1.09. The molecule has 0 aliphatic heterocycles. The smallest absolute Gasteiger partial charge is 0.331 e. The lowest BCUT2D eigenvalue weighted by molar-refractivity contribution is -0.121. The van der Waals surface area contributed by atoms with E-state index in [0.717, 1.165) is 25.7 Å². The molecular formula is C30H32ClN5O4. The van der Waals surface area contributed by atoms with Crippen molar-refractivity contribution in [2.45, 2.75) is 71.0 Å². The van der Waals surface area contributed by atoms with Gasteiger partial charge in [0.05, 0.1) is 21.5 Å². The van der Waals surface area contributed by atoms with Crippen LogP contribution in [0.5, 0.6) is 0 Å². The number of amides is 2. The van der Waals surface area contributed by atoms with Crippen molar-refractivity contribution in [1.82, 2.24) is 14.5 Å². The third-order valence-corrected chi connectivity index (χ3v) is 8.13. The first kappa shape index (κ1) is 27.7. The van der Waals surface area contributed by atoms with E-state index in [1.807, 2.05) is 19.9 Å². The maximum Gasteiger partial charge on any atom is 0.331 e. The number of halogens is 1. The number of nitrogens with zero attached hydrogens (tertiary/aromatic N) is 3. The van der Waals surface area contributed by atoms with Crippen molar-refractivity contribution in [2.75, 3.05) is 5.32 Å². The second-order valence-electron chi connectivity index (χ2n) is 11.2. The van der Waals surface area contributed by atoms with Crippen LogP contribution in [0.4, 0.5) is 5.69 Å². The van der Waals surface area contributed by atoms with Crippen molar-refractivity contribution in [3.63, 3.8) is 0 Å². The van der Waals surface area contributed by atoms with Crippen LogP contribution in [0.25, 0.3) is 10.9 Å². The van der Waals surface area contributed by atoms with Gasteiger partial charge in [-0.2, -0.15) is 5.26 Å². The topological polar surface area (TPSA) is 126 Å². The molecule has 2 atom stereocenters. The Morgan fingerprint density at radius 1 is 1.10 bits per heavy atom. The first-order valence-electron chi connectivity index (χ1n) is 13.8. The van der Waals surface area contributed by atoms with E-state index in [9.17, 15) is 19.2 Å². The molecule has 208 valence electrons. The molecule has 0 spiro atoms. The van der Waals surface area contributed by atoms with Crippen LogP contribution < -0.4 is 21.9 Å². The SMILES string of the molecule is CC(C)n1c(=O)n(CC2CC2)c(=O)c2cc(NC(=O)[C@@H]3CCC[C@H](NC(=O)c4ccc(C#N)c(Cl)c4)C3)ccc21. The fraction of sp³-hybridized carbons (Fsp3) is 0.433. The van der Waals surface area contributed by atoms with Gasteiger partial charge in [-0.25, -0.2) is 4.79 Å². The molecule has 2 saturated carbocycles. The summed E-state index contributed by atoms with van der Waals surface area (Å²) >= 11 is 6.08. The van der Waals surface area contributed by atoms with Crippen LogP contribution in [0.2, 0.25) is 5.02 Å². The van der Waals surface area contributed by atoms with Gasteiger partial charge in [-0.3, -0.25) is 23.5 Å². The Labute approximate surface area is 236 Å². The largest absolute Gasteiger partial charge is 0.349 e. The van der Waals surface area contributed by atoms with Gasteiger partial charge in [0.25, 0.3) is 11.5 Å². The molecule has 2 aliphatic rings. The minimum Gasteiger partial charge on any atom is -0.349 e. The first-order valence-corrected chi connectivity index (χ1v) is 14.1. The zero-order valence-corrected chi connectivity index (χ0v) is 23.3. The number of hydrogen-bond acceptors (Lipinski definition) is 5. The molecule has 2 fully saturated rings. The number of hydrogen-bond donors (Lipinski definition) is 2. The standard InChI is InChI=1S/C30H32ClN5O4/c1-17(2)36-26-11-10-23(14-24(26)29(39)35(30(36)40)16-18-6-7-18)34-27(37)19-4-3-5-22(12-19)33-28(38)20-8-9-21(15-32)25(31)13-20/h8-11,13-14,17-19,22H,3-7,12,16H2,1-2H3,(H,33,38)(H,34,37)/t19-,22+/m1/s1. The lowest BCUT2D eigenvalue weighted by atomic mass is 9.85. The Morgan fingerprint density at radius 2 is 1.88 bits per heavy atom. The van der Waals surface area contributed by atoms with Gasteiger partial charge >= 0.3 is 5.69 Å². The lowest BCUT2D eigenvalue weighted by Crippen LogP contribution is -2.41. The number of anilines is 1. The molecule has 0 bridgehead atoms. The molecule has 10 heteroatoms. The molecule has 0 radical (unpaired) electrons. The summed E-state index contributed by atoms with van der Waals surface area (Å²) in [6.07, 6.45) is 4.74. The van der Waals surface area contributed by atoms with Crippen LogP contribution in [0.3, 0.4) is 0 Å². The third-order valence-electron chi connectivity index (χ3n) is 7.82. The number of fused-ring (bicyclic) bond motifs is 1. The molecule has 5 rings (SSSR count). The summed E-state index contributed by atoms with van der Waals surface area (Å²) in [7, 11) is 0. The van der Waals surface area contributed by atoms with E-state index in [4.69, 9.17) is 16.9 Å². The average Bonchev–Trinajstić information content (AvgIpc) is 3.75. The molecular weight excluding hydrogens is 530 g/mol. The van der Waals surface area contributed by atoms with Gasteiger partial charge < -0.3 is 10.6 Å². The van der Waals surface area contributed by atoms with Crippen LogP contribution in [0, 0.1) is 23.2 Å². The van der Waals surface area contributed by atoms with E-state index >= 15 is 0 Å². The van der Waals surface area contributed by atoms with Crippen molar-refractivity contribution >= 4 is 40.0 Å². The Kier molecular flexibility index (Phi) is 7.81. The van der Waals surface area contributed by atoms with E-state index in [-0.39, 0.29) is 46.1 Å². The van der Waals surface area contributed by atoms with Gasteiger partial charge in [0.2, 0.25) is 5.91 Å². The molecule has 2 amide bonds. The second-order valence-corrected chi connectivity index (χ2v) is 11.6. The van der Waals surface area contributed by atoms with Gasteiger partial charge in [0.1, 0.15) is 6.07 Å². The molecule has 40 heavy (non-hydrogen) atoms. The van der Waals surface area contributed by atoms with Gasteiger partial charge in [-0.05, 0) is 88.3 Å². The van der Waals surface area contributed by atoms with Crippen molar-refractivity contribution in [3.05, 3.63) is 73.4 Å². The van der Waals surface area contributed by atoms with Crippen molar-refractivity contribution in [2.24, 2.45) is 11.8 Å². The molecule has 1 heterocycles. The van der Waals surface area contributed by atoms with Crippen LogP contribution in [0.1, 0.15) is 74.3 Å². The van der Waals surface area contributed by atoms with E-state index in [1.165, 1.54) is 16.7 Å². The van der Waals surface area contributed by atoms with E-state index in [0.29, 0.717) is 53.0 Å². The highest BCUT2D eigenvalue weighted by Gasteiger charge is 2.29. The number of benzene rings is 2. The number of nitrogens with one attached hydrogen (secondary N) is 2. The van der Waals surface area contributed by atoms with Crippen molar-refractivity contribution in [1.29, 1.82) is 5.26 Å². The number of rotatable bonds is 7. The zero-order chi connectivity index (χ0) is 28.6. The molecule has 0 unspecified atom stereocenters. The van der Waals surface area contributed by atoms with Gasteiger partial charge in [-0.1, -0.05) is 18.0 Å². The molecule has 3 aromatic rings. The number of aromatic nitrogens is 2. The van der Waals surface area contributed by atoms with Crippen LogP contribution >= 0.6 is 11.6 Å². The van der Waals surface area contributed by atoms with Gasteiger partial charge in [0.15, 0.2) is 0 Å². The summed E-state index contributed by atoms with van der Waals surface area (Å²) in [6.45, 7) is 4.24. The minimum atomic E-state index is -0.330. The molecule has 2 aliphatic carbocycles. The monoisotopic (exact) mass is 561 g/mol. The van der Waals surface area contributed by atoms with Crippen LogP contribution in [0.15, 0.2) is 46.0 Å². The fourth-order valence-electron chi connectivity index (χ4n) is 5.50. The Hall–Kier alpha value is -3.90. The number of nitriles is 1. The van der Waals surface area contributed by atoms with Crippen molar-refractivity contribution in [3.8, 4) is 6.07 Å². The highest BCUT2D eigenvalue weighted by molar-refractivity contribution is 6.32. The second kappa shape index (κ2) is 11.3. The van der Waals surface area contributed by atoms with Crippen molar-refractivity contribution < 1.29 is 9.59 Å². The van der Waals surface area contributed by atoms with E-state index in [1.54, 1.807) is 28.8 Å². The van der Waals surface area contributed by atoms with Crippen LogP contribution in [-0.4, -0.2) is 27.0 Å². The maximum absolute atomic E-state index is 13.3. The highest BCUT2D eigenvalue weighted by atomic mass is 35.5. The quantitative estimate of drug-likeness (QED) is 0.436. The Morgan fingerprint density at radius 3 is 2.55 bits per heavy atom. The first-order chi connectivity index (χ1) is 19.2. The summed E-state index contributed by atoms with van der Waals surface area (Å²) in [5.74, 6) is -0.420. The van der Waals surface area contributed by atoms with Gasteiger partial charge in [0, 0.05) is 35.8 Å². The third kappa shape index (κ3) is 5.68. The molecule has 2 aromatic carbocycles. The summed E-state index contributed by atoms with van der Waals surface area (Å²) < 4.78 is 2.97. The predicted molar refractivity (Wildman–Crippen MR) is 154 cm³/mol. The maximum atomic E-state index is 13.3. The summed E-state index contributed by atoms with van der Waals surface area (Å²) in [6, 6.07) is 11.3. The lowest BCUT2D eigenvalue weighted by Gasteiger charge is -2.29.